The number of carbonyl (C=O) groups is 1. The number of hydrogen-bond acceptors (Lipinski definition) is 2. The zero-order valence-corrected chi connectivity index (χ0v) is 7.91. The van der Waals surface area contributed by atoms with Gasteiger partial charge in [0.1, 0.15) is 0 Å². The molecule has 0 bridgehead atoms. The molecule has 0 aromatic rings. The molecule has 13 heavy (non-hydrogen) atoms. The minimum absolute atomic E-state index is 0.243. The Bertz CT molecular complexity index is 191. The quantitative estimate of drug-likeness (QED) is 0.699. The maximum absolute atomic E-state index is 10.5. The lowest BCUT2D eigenvalue weighted by Crippen LogP contribution is -2.27. The van der Waals surface area contributed by atoms with Crippen LogP contribution >= 0.6 is 0 Å². The molecule has 74 valence electrons. The lowest BCUT2D eigenvalue weighted by Gasteiger charge is -2.23. The number of aliphatic carboxylic acids is 1. The number of likely N-dealkylation sites (tertiary alicyclic amines) is 1. The van der Waals surface area contributed by atoms with Crippen molar-refractivity contribution in [1.29, 1.82) is 0 Å². The average Bonchev–Trinajstić information content (AvgIpc) is 2.44. The molecule has 0 amide bonds. The summed E-state index contributed by atoms with van der Waals surface area (Å²) < 4.78 is 0. The van der Waals surface area contributed by atoms with Crippen LogP contribution < -0.4 is 0 Å². The van der Waals surface area contributed by atoms with Crippen molar-refractivity contribution in [1.82, 2.24) is 4.90 Å². The third-order valence-corrected chi connectivity index (χ3v) is 3.41. The Morgan fingerprint density at radius 3 is 2.23 bits per heavy atom. The van der Waals surface area contributed by atoms with E-state index >= 15 is 0 Å². The van der Waals surface area contributed by atoms with Gasteiger partial charge in [0, 0.05) is 13.1 Å². The van der Waals surface area contributed by atoms with E-state index < -0.39 is 5.97 Å². The second-order valence-electron chi connectivity index (χ2n) is 4.39. The summed E-state index contributed by atoms with van der Waals surface area (Å²) in [5, 5.41) is 8.67. The summed E-state index contributed by atoms with van der Waals surface area (Å²) in [6.45, 7) is 2.29. The van der Waals surface area contributed by atoms with Crippen molar-refractivity contribution in [2.75, 3.05) is 19.6 Å². The predicted octanol–water partition coefficient (Wildman–Crippen LogP) is 1.19. The summed E-state index contributed by atoms with van der Waals surface area (Å²) in [4.78, 5) is 12.6. The van der Waals surface area contributed by atoms with E-state index in [4.69, 9.17) is 5.11 Å². The summed E-state index contributed by atoms with van der Waals surface area (Å²) in [6, 6.07) is 0. The van der Waals surface area contributed by atoms with E-state index in [2.05, 4.69) is 4.90 Å². The molecule has 2 atom stereocenters. The van der Waals surface area contributed by atoms with Gasteiger partial charge in [-0.2, -0.15) is 0 Å². The molecule has 1 aliphatic carbocycles. The van der Waals surface area contributed by atoms with E-state index in [9.17, 15) is 4.79 Å². The van der Waals surface area contributed by atoms with Gasteiger partial charge in [0.05, 0.1) is 6.54 Å². The molecule has 3 nitrogen and oxygen atoms in total. The van der Waals surface area contributed by atoms with Crippen molar-refractivity contribution in [3.05, 3.63) is 0 Å². The van der Waals surface area contributed by atoms with Crippen molar-refractivity contribution in [2.24, 2.45) is 11.8 Å². The normalized spacial score (nSPS) is 34.5. The zero-order valence-electron chi connectivity index (χ0n) is 7.91. The van der Waals surface area contributed by atoms with Crippen molar-refractivity contribution in [3.63, 3.8) is 0 Å². The predicted molar refractivity (Wildman–Crippen MR) is 49.5 cm³/mol. The van der Waals surface area contributed by atoms with Crippen molar-refractivity contribution >= 4 is 5.97 Å². The van der Waals surface area contributed by atoms with Gasteiger partial charge in [0.25, 0.3) is 0 Å². The molecule has 2 rings (SSSR count). The Balaban J connectivity index is 1.87. The molecule has 0 radical (unpaired) electrons. The van der Waals surface area contributed by atoms with E-state index in [1.54, 1.807) is 0 Å². The summed E-state index contributed by atoms with van der Waals surface area (Å²) in [6.07, 6.45) is 5.34. The number of fused-ring (bicyclic) bond motifs is 1. The second kappa shape index (κ2) is 3.66. The lowest BCUT2D eigenvalue weighted by molar-refractivity contribution is -0.138. The first-order valence-corrected chi connectivity index (χ1v) is 5.20. The molecule has 0 aromatic carbocycles. The Morgan fingerprint density at radius 2 is 1.77 bits per heavy atom. The Kier molecular flexibility index (Phi) is 2.54. The van der Waals surface area contributed by atoms with Crippen LogP contribution in [0.15, 0.2) is 0 Å². The highest BCUT2D eigenvalue weighted by molar-refractivity contribution is 5.69. The van der Waals surface area contributed by atoms with Crippen LogP contribution in [-0.4, -0.2) is 35.6 Å². The maximum atomic E-state index is 10.5. The standard InChI is InChI=1S/C10H17NO2/c12-10(13)7-11-5-8-3-1-2-4-9(8)6-11/h8-9H,1-7H2,(H,12,13). The molecule has 2 unspecified atom stereocenters. The smallest absolute Gasteiger partial charge is 0.317 e. The summed E-state index contributed by atoms with van der Waals surface area (Å²) in [7, 11) is 0. The van der Waals surface area contributed by atoms with E-state index in [0.717, 1.165) is 24.9 Å². The molecule has 2 aliphatic rings. The van der Waals surface area contributed by atoms with Gasteiger partial charge < -0.3 is 5.11 Å². The molecule has 3 heteroatoms. The molecule has 1 N–H and O–H groups in total. The fraction of sp³-hybridized carbons (Fsp3) is 0.900. The van der Waals surface area contributed by atoms with Gasteiger partial charge in [-0.15, -0.1) is 0 Å². The largest absolute Gasteiger partial charge is 0.480 e. The second-order valence-corrected chi connectivity index (χ2v) is 4.39. The monoisotopic (exact) mass is 183 g/mol. The Labute approximate surface area is 78.7 Å². The van der Waals surface area contributed by atoms with Gasteiger partial charge >= 0.3 is 5.97 Å². The van der Waals surface area contributed by atoms with Gasteiger partial charge in [-0.3, -0.25) is 9.69 Å². The molecular formula is C10H17NO2. The van der Waals surface area contributed by atoms with Crippen molar-refractivity contribution in [3.8, 4) is 0 Å². The van der Waals surface area contributed by atoms with Gasteiger partial charge in [0.15, 0.2) is 0 Å². The number of hydrogen-bond donors (Lipinski definition) is 1. The molecule has 2 fully saturated rings. The van der Waals surface area contributed by atoms with Gasteiger partial charge in [-0.1, -0.05) is 12.8 Å². The Hall–Kier alpha value is -0.570. The minimum Gasteiger partial charge on any atom is -0.480 e. The fourth-order valence-electron chi connectivity index (χ4n) is 2.82. The fourth-order valence-corrected chi connectivity index (χ4v) is 2.82. The van der Waals surface area contributed by atoms with Crippen LogP contribution in [0.2, 0.25) is 0 Å². The minimum atomic E-state index is -0.682. The zero-order chi connectivity index (χ0) is 9.26. The number of carboxylic acid groups (broad SMARTS) is 1. The summed E-state index contributed by atoms with van der Waals surface area (Å²) >= 11 is 0. The third kappa shape index (κ3) is 2.02. The SMILES string of the molecule is O=C(O)CN1CC2CCCCC2C1. The Morgan fingerprint density at radius 1 is 1.23 bits per heavy atom. The molecular weight excluding hydrogens is 166 g/mol. The molecule has 0 aromatic heterocycles. The van der Waals surface area contributed by atoms with Crippen molar-refractivity contribution in [2.45, 2.75) is 25.7 Å². The van der Waals surface area contributed by atoms with E-state index in [1.807, 2.05) is 0 Å². The summed E-state index contributed by atoms with van der Waals surface area (Å²) in [5.41, 5.74) is 0. The lowest BCUT2D eigenvalue weighted by atomic mass is 9.82. The van der Waals surface area contributed by atoms with Gasteiger partial charge in [0.2, 0.25) is 0 Å². The van der Waals surface area contributed by atoms with Gasteiger partial charge in [-0.25, -0.2) is 0 Å². The number of rotatable bonds is 2. The average molecular weight is 183 g/mol. The molecule has 1 aliphatic heterocycles. The van der Waals surface area contributed by atoms with E-state index in [-0.39, 0.29) is 6.54 Å². The molecule has 0 spiro atoms. The van der Waals surface area contributed by atoms with Crippen LogP contribution in [0, 0.1) is 11.8 Å². The first-order valence-electron chi connectivity index (χ1n) is 5.20. The highest BCUT2D eigenvalue weighted by Crippen LogP contribution is 2.35. The van der Waals surface area contributed by atoms with Crippen LogP contribution in [0.3, 0.4) is 0 Å². The third-order valence-electron chi connectivity index (χ3n) is 3.41. The number of carboxylic acids is 1. The highest BCUT2D eigenvalue weighted by atomic mass is 16.4. The van der Waals surface area contributed by atoms with Crippen LogP contribution in [0.5, 0.6) is 0 Å². The van der Waals surface area contributed by atoms with Crippen LogP contribution in [0.4, 0.5) is 0 Å². The molecule has 1 heterocycles. The van der Waals surface area contributed by atoms with E-state index in [0.29, 0.717) is 0 Å². The summed E-state index contributed by atoms with van der Waals surface area (Å²) in [5.74, 6) is 0.917. The van der Waals surface area contributed by atoms with Crippen LogP contribution in [0.25, 0.3) is 0 Å². The molecule has 1 saturated carbocycles. The topological polar surface area (TPSA) is 40.5 Å². The number of nitrogens with zero attached hydrogens (tertiary/aromatic N) is 1. The first kappa shape index (κ1) is 9.00. The van der Waals surface area contributed by atoms with Crippen LogP contribution in [0.1, 0.15) is 25.7 Å². The van der Waals surface area contributed by atoms with E-state index in [1.165, 1.54) is 25.7 Å². The maximum Gasteiger partial charge on any atom is 0.317 e. The van der Waals surface area contributed by atoms with Crippen LogP contribution in [-0.2, 0) is 4.79 Å². The molecule has 1 saturated heterocycles. The highest BCUT2D eigenvalue weighted by Gasteiger charge is 2.34. The first-order chi connectivity index (χ1) is 6.25. The van der Waals surface area contributed by atoms with Crippen molar-refractivity contribution < 1.29 is 9.90 Å². The van der Waals surface area contributed by atoms with Gasteiger partial charge in [-0.05, 0) is 24.7 Å².